The van der Waals surface area contributed by atoms with Gasteiger partial charge in [0.15, 0.2) is 0 Å². The number of primary amides is 1. The lowest BCUT2D eigenvalue weighted by molar-refractivity contribution is 0.108. The van der Waals surface area contributed by atoms with Crippen LogP contribution in [0.4, 0.5) is 4.79 Å². The molecule has 17 heavy (non-hydrogen) atoms. The van der Waals surface area contributed by atoms with Gasteiger partial charge in [-0.05, 0) is 17.5 Å². The van der Waals surface area contributed by atoms with Gasteiger partial charge in [0, 0.05) is 12.8 Å². The van der Waals surface area contributed by atoms with Gasteiger partial charge < -0.3 is 10.5 Å². The van der Waals surface area contributed by atoms with Gasteiger partial charge in [-0.2, -0.15) is 0 Å². The molecule has 92 valence electrons. The van der Waals surface area contributed by atoms with E-state index in [1.165, 1.54) is 5.56 Å². The average Bonchev–Trinajstić information content (AvgIpc) is 2.29. The topological polar surface area (TPSA) is 52.3 Å². The number of benzene rings is 1. The molecular formula is C14H19NO2. The van der Waals surface area contributed by atoms with E-state index in [2.05, 4.69) is 37.8 Å². The van der Waals surface area contributed by atoms with E-state index in [1.807, 2.05) is 0 Å². The predicted molar refractivity (Wildman–Crippen MR) is 68.8 cm³/mol. The van der Waals surface area contributed by atoms with Crippen molar-refractivity contribution in [2.75, 3.05) is 0 Å². The maximum atomic E-state index is 10.7. The van der Waals surface area contributed by atoms with Crippen molar-refractivity contribution in [3.05, 3.63) is 48.0 Å². The molecule has 3 nitrogen and oxygen atoms in total. The summed E-state index contributed by atoms with van der Waals surface area (Å²) in [5, 5.41) is 0. The van der Waals surface area contributed by atoms with E-state index >= 15 is 0 Å². The maximum absolute atomic E-state index is 10.7. The molecule has 0 aliphatic carbocycles. The zero-order chi connectivity index (χ0) is 12.7. The molecule has 1 atom stereocenters. The lowest BCUT2D eigenvalue weighted by Gasteiger charge is -2.15. The predicted octanol–water partition coefficient (Wildman–Crippen LogP) is 2.83. The molecule has 1 rings (SSSR count). The third kappa shape index (κ3) is 4.72. The molecule has 0 aliphatic heterocycles. The number of ether oxygens (including phenoxy) is 1. The van der Waals surface area contributed by atoms with E-state index in [-0.39, 0.29) is 6.10 Å². The van der Waals surface area contributed by atoms with Crippen LogP contribution in [-0.4, -0.2) is 12.2 Å². The van der Waals surface area contributed by atoms with Gasteiger partial charge in [-0.3, -0.25) is 0 Å². The zero-order valence-electron chi connectivity index (χ0n) is 10.2. The Labute approximate surface area is 102 Å². The Hall–Kier alpha value is -1.77. The maximum Gasteiger partial charge on any atom is 0.404 e. The molecule has 0 spiro atoms. The van der Waals surface area contributed by atoms with Gasteiger partial charge in [-0.15, -0.1) is 6.58 Å². The Morgan fingerprint density at radius 3 is 2.47 bits per heavy atom. The quantitative estimate of drug-likeness (QED) is 0.768. The van der Waals surface area contributed by atoms with Gasteiger partial charge in [0.05, 0.1) is 0 Å². The summed E-state index contributed by atoms with van der Waals surface area (Å²) in [6.45, 7) is 5.76. The normalized spacial score (nSPS) is 11.8. The van der Waals surface area contributed by atoms with Crippen molar-refractivity contribution in [2.45, 2.75) is 32.3 Å². The highest BCUT2D eigenvalue weighted by Crippen LogP contribution is 2.11. The molecule has 0 fully saturated rings. The first kappa shape index (κ1) is 13.3. The lowest BCUT2D eigenvalue weighted by Crippen LogP contribution is -2.24. The van der Waals surface area contributed by atoms with Gasteiger partial charge >= 0.3 is 6.09 Å². The molecule has 1 unspecified atom stereocenters. The van der Waals surface area contributed by atoms with Gasteiger partial charge in [-0.1, -0.05) is 37.3 Å². The van der Waals surface area contributed by atoms with Gasteiger partial charge in [0.2, 0.25) is 0 Å². The average molecular weight is 233 g/mol. The molecule has 3 heteroatoms. The molecule has 1 aromatic rings. The second kappa shape index (κ2) is 6.74. The smallest absolute Gasteiger partial charge is 0.404 e. The molecule has 1 amide bonds. The Morgan fingerprint density at radius 1 is 1.41 bits per heavy atom. The number of carbonyl (C=O) groups excluding carboxylic acids is 1. The van der Waals surface area contributed by atoms with Crippen LogP contribution in [0.2, 0.25) is 0 Å². The van der Waals surface area contributed by atoms with Gasteiger partial charge in [0.25, 0.3) is 0 Å². The van der Waals surface area contributed by atoms with E-state index in [9.17, 15) is 4.79 Å². The first-order valence-corrected chi connectivity index (χ1v) is 5.80. The van der Waals surface area contributed by atoms with Crippen LogP contribution in [-0.2, 0) is 17.6 Å². The number of carbonyl (C=O) groups is 1. The summed E-state index contributed by atoms with van der Waals surface area (Å²) >= 11 is 0. The van der Waals surface area contributed by atoms with Crippen molar-refractivity contribution in [1.29, 1.82) is 0 Å². The van der Waals surface area contributed by atoms with Crippen LogP contribution in [0, 0.1) is 0 Å². The van der Waals surface area contributed by atoms with Crippen LogP contribution in [0.5, 0.6) is 0 Å². The third-order valence-corrected chi connectivity index (χ3v) is 2.61. The summed E-state index contributed by atoms with van der Waals surface area (Å²) in [4.78, 5) is 10.7. The van der Waals surface area contributed by atoms with Crippen LogP contribution in [0.3, 0.4) is 0 Å². The highest BCUT2D eigenvalue weighted by Gasteiger charge is 2.11. The van der Waals surface area contributed by atoms with Crippen molar-refractivity contribution in [3.63, 3.8) is 0 Å². The molecular weight excluding hydrogens is 214 g/mol. The summed E-state index contributed by atoms with van der Waals surface area (Å²) in [6, 6.07) is 8.29. The van der Waals surface area contributed by atoms with E-state index < -0.39 is 6.09 Å². The molecule has 0 aliphatic rings. The Kier molecular flexibility index (Phi) is 5.27. The summed E-state index contributed by atoms with van der Waals surface area (Å²) in [6.07, 6.45) is 3.07. The molecule has 0 bridgehead atoms. The highest BCUT2D eigenvalue weighted by molar-refractivity contribution is 5.64. The van der Waals surface area contributed by atoms with E-state index in [0.29, 0.717) is 12.8 Å². The van der Waals surface area contributed by atoms with Gasteiger partial charge in [0.1, 0.15) is 6.10 Å². The van der Waals surface area contributed by atoms with Crippen LogP contribution >= 0.6 is 0 Å². The summed E-state index contributed by atoms with van der Waals surface area (Å²) in [5.74, 6) is 0. The minimum atomic E-state index is -0.734. The fourth-order valence-electron chi connectivity index (χ4n) is 1.70. The molecule has 0 radical (unpaired) electrons. The molecule has 0 heterocycles. The third-order valence-electron chi connectivity index (χ3n) is 2.61. The second-order valence-corrected chi connectivity index (χ2v) is 3.96. The van der Waals surface area contributed by atoms with Crippen LogP contribution in [0.1, 0.15) is 24.5 Å². The fraction of sp³-hybridized carbons (Fsp3) is 0.357. The molecule has 0 saturated heterocycles. The highest BCUT2D eigenvalue weighted by atomic mass is 16.6. The largest absolute Gasteiger partial charge is 0.446 e. The van der Waals surface area contributed by atoms with E-state index in [0.717, 1.165) is 12.0 Å². The number of rotatable bonds is 6. The number of nitrogens with two attached hydrogens (primary N) is 1. The zero-order valence-corrected chi connectivity index (χ0v) is 10.2. The SMILES string of the molecule is C=CCC(Cc1ccc(CC)cc1)OC(N)=O. The van der Waals surface area contributed by atoms with Crippen LogP contribution in [0.15, 0.2) is 36.9 Å². The van der Waals surface area contributed by atoms with E-state index in [1.54, 1.807) is 6.08 Å². The number of hydrogen-bond acceptors (Lipinski definition) is 2. The summed E-state index contributed by atoms with van der Waals surface area (Å²) in [7, 11) is 0. The first-order valence-electron chi connectivity index (χ1n) is 5.80. The van der Waals surface area contributed by atoms with E-state index in [4.69, 9.17) is 10.5 Å². The fourth-order valence-corrected chi connectivity index (χ4v) is 1.70. The van der Waals surface area contributed by atoms with Crippen molar-refractivity contribution < 1.29 is 9.53 Å². The van der Waals surface area contributed by atoms with Crippen molar-refractivity contribution in [3.8, 4) is 0 Å². The van der Waals surface area contributed by atoms with Crippen molar-refractivity contribution in [1.82, 2.24) is 0 Å². The minimum absolute atomic E-state index is 0.225. The van der Waals surface area contributed by atoms with Crippen LogP contribution in [0.25, 0.3) is 0 Å². The number of amides is 1. The molecule has 2 N–H and O–H groups in total. The van der Waals surface area contributed by atoms with Crippen LogP contribution < -0.4 is 5.73 Å². The monoisotopic (exact) mass is 233 g/mol. The Morgan fingerprint density at radius 2 is 2.00 bits per heavy atom. The minimum Gasteiger partial charge on any atom is -0.446 e. The summed E-state index contributed by atoms with van der Waals surface area (Å²) < 4.78 is 5.02. The van der Waals surface area contributed by atoms with Crippen molar-refractivity contribution in [2.24, 2.45) is 5.73 Å². The van der Waals surface area contributed by atoms with Crippen molar-refractivity contribution >= 4 is 6.09 Å². The molecule has 0 saturated carbocycles. The standard InChI is InChI=1S/C14H19NO2/c1-3-5-13(17-14(15)16)10-12-8-6-11(4-2)7-9-12/h3,6-9,13H,1,4-5,10H2,2H3,(H2,15,16). The first-order chi connectivity index (χ1) is 8.15. The number of hydrogen-bond donors (Lipinski definition) is 1. The Bertz CT molecular complexity index is 370. The number of aryl methyl sites for hydroxylation is 1. The lowest BCUT2D eigenvalue weighted by atomic mass is 10.0. The summed E-state index contributed by atoms with van der Waals surface area (Å²) in [5.41, 5.74) is 7.46. The molecule has 0 aromatic heterocycles. The Balaban J connectivity index is 2.64. The second-order valence-electron chi connectivity index (χ2n) is 3.96. The van der Waals surface area contributed by atoms with Gasteiger partial charge in [-0.25, -0.2) is 4.79 Å². The molecule has 1 aromatic carbocycles.